The Morgan fingerprint density at radius 2 is 2.11 bits per heavy atom. The fourth-order valence-electron chi connectivity index (χ4n) is 2.64. The summed E-state index contributed by atoms with van der Waals surface area (Å²) >= 11 is 0. The lowest BCUT2D eigenvalue weighted by molar-refractivity contribution is 0.138. The van der Waals surface area contributed by atoms with Crippen molar-refractivity contribution < 1.29 is 0 Å². The normalized spacial score (nSPS) is 24.2. The fourth-order valence-corrected chi connectivity index (χ4v) is 2.64. The van der Waals surface area contributed by atoms with Crippen LogP contribution in [0.15, 0.2) is 30.3 Å². The van der Waals surface area contributed by atoms with Gasteiger partial charge in [0, 0.05) is 12.6 Å². The van der Waals surface area contributed by atoms with Crippen LogP contribution in [0.1, 0.15) is 31.7 Å². The van der Waals surface area contributed by atoms with E-state index in [9.17, 15) is 5.26 Å². The van der Waals surface area contributed by atoms with Crippen LogP contribution in [0, 0.1) is 11.3 Å². The van der Waals surface area contributed by atoms with Crippen molar-refractivity contribution in [1.29, 1.82) is 5.26 Å². The lowest BCUT2D eigenvalue weighted by atomic mass is 9.90. The van der Waals surface area contributed by atoms with Crippen LogP contribution in [0.3, 0.4) is 0 Å². The molecule has 0 amide bonds. The van der Waals surface area contributed by atoms with E-state index in [1.165, 1.54) is 19.3 Å². The van der Waals surface area contributed by atoms with Gasteiger partial charge in [-0.2, -0.15) is 5.26 Å². The summed E-state index contributed by atoms with van der Waals surface area (Å²) in [6.07, 6.45) is 3.70. The third-order valence-corrected chi connectivity index (χ3v) is 3.88. The molecule has 1 aliphatic rings. The van der Waals surface area contributed by atoms with Gasteiger partial charge in [-0.3, -0.25) is 4.90 Å². The highest BCUT2D eigenvalue weighted by Crippen LogP contribution is 2.23. The summed E-state index contributed by atoms with van der Waals surface area (Å²) in [5, 5.41) is 9.45. The van der Waals surface area contributed by atoms with Gasteiger partial charge in [0.15, 0.2) is 0 Å². The summed E-state index contributed by atoms with van der Waals surface area (Å²) < 4.78 is 0. The molecule has 0 aliphatic carbocycles. The van der Waals surface area contributed by atoms with Crippen LogP contribution in [-0.2, 0) is 5.54 Å². The van der Waals surface area contributed by atoms with Gasteiger partial charge in [-0.15, -0.1) is 0 Å². The average Bonchev–Trinajstić information content (AvgIpc) is 2.42. The minimum atomic E-state index is -0.896. The van der Waals surface area contributed by atoms with Crippen molar-refractivity contribution in [3.05, 3.63) is 35.9 Å². The molecule has 96 valence electrons. The molecule has 0 aromatic heterocycles. The lowest BCUT2D eigenvalue weighted by Gasteiger charge is -2.37. The van der Waals surface area contributed by atoms with Crippen LogP contribution in [-0.4, -0.2) is 24.0 Å². The summed E-state index contributed by atoms with van der Waals surface area (Å²) in [4.78, 5) is 2.35. The Bertz CT molecular complexity index is 423. The summed E-state index contributed by atoms with van der Waals surface area (Å²) in [5.74, 6) is 0. The predicted octanol–water partition coefficient (Wildman–Crippen LogP) is 2.24. The number of nitrogens with two attached hydrogens (primary N) is 1. The average molecular weight is 243 g/mol. The highest BCUT2D eigenvalue weighted by atomic mass is 15.2. The maximum Gasteiger partial charge on any atom is 0.142 e. The number of hydrogen-bond donors (Lipinski definition) is 1. The van der Waals surface area contributed by atoms with Crippen molar-refractivity contribution in [1.82, 2.24) is 4.90 Å². The Hall–Kier alpha value is -1.37. The van der Waals surface area contributed by atoms with Crippen molar-refractivity contribution in [3.63, 3.8) is 0 Å². The minimum absolute atomic E-state index is 0.527. The van der Waals surface area contributed by atoms with Gasteiger partial charge in [0.25, 0.3) is 0 Å². The van der Waals surface area contributed by atoms with E-state index in [0.717, 1.165) is 12.1 Å². The Morgan fingerprint density at radius 1 is 1.39 bits per heavy atom. The van der Waals surface area contributed by atoms with E-state index in [4.69, 9.17) is 5.73 Å². The van der Waals surface area contributed by atoms with E-state index in [2.05, 4.69) is 17.9 Å². The lowest BCUT2D eigenvalue weighted by Crippen LogP contribution is -2.50. The molecule has 18 heavy (non-hydrogen) atoms. The minimum Gasteiger partial charge on any atom is -0.309 e. The standard InChI is InChI=1S/C15H21N3/c1-13-7-5-6-10-18(13)12-15(17,11-16)14-8-3-2-4-9-14/h2-4,8-9,13H,5-7,10,12,17H2,1H3. The first-order valence-electron chi connectivity index (χ1n) is 6.65. The first-order valence-corrected chi connectivity index (χ1v) is 6.65. The molecule has 1 heterocycles. The number of benzene rings is 1. The van der Waals surface area contributed by atoms with Gasteiger partial charge in [-0.05, 0) is 31.9 Å². The molecular weight excluding hydrogens is 222 g/mol. The zero-order valence-corrected chi connectivity index (χ0v) is 11.0. The highest BCUT2D eigenvalue weighted by molar-refractivity contribution is 5.31. The molecule has 0 radical (unpaired) electrons. The molecule has 0 saturated carbocycles. The number of rotatable bonds is 3. The van der Waals surface area contributed by atoms with Crippen molar-refractivity contribution in [2.75, 3.05) is 13.1 Å². The molecule has 2 atom stereocenters. The van der Waals surface area contributed by atoms with Crippen LogP contribution in [0.4, 0.5) is 0 Å². The van der Waals surface area contributed by atoms with E-state index in [1.54, 1.807) is 0 Å². The van der Waals surface area contributed by atoms with Crippen molar-refractivity contribution in [3.8, 4) is 6.07 Å². The summed E-state index contributed by atoms with van der Waals surface area (Å²) in [7, 11) is 0. The number of piperidine rings is 1. The van der Waals surface area contributed by atoms with Crippen LogP contribution in [0.25, 0.3) is 0 Å². The van der Waals surface area contributed by atoms with Crippen molar-refractivity contribution >= 4 is 0 Å². The summed E-state index contributed by atoms with van der Waals surface area (Å²) in [6.45, 7) is 3.89. The Labute approximate surface area is 109 Å². The molecule has 1 saturated heterocycles. The van der Waals surface area contributed by atoms with Gasteiger partial charge in [0.2, 0.25) is 0 Å². The van der Waals surface area contributed by atoms with Crippen molar-refractivity contribution in [2.24, 2.45) is 5.73 Å². The summed E-state index contributed by atoms with van der Waals surface area (Å²) in [5.41, 5.74) is 6.32. The van der Waals surface area contributed by atoms with Crippen molar-refractivity contribution in [2.45, 2.75) is 37.8 Å². The van der Waals surface area contributed by atoms with E-state index in [-0.39, 0.29) is 0 Å². The second-order valence-corrected chi connectivity index (χ2v) is 5.26. The molecule has 2 rings (SSSR count). The van der Waals surface area contributed by atoms with E-state index < -0.39 is 5.54 Å². The second kappa shape index (κ2) is 5.51. The van der Waals surface area contributed by atoms with Gasteiger partial charge < -0.3 is 5.73 Å². The smallest absolute Gasteiger partial charge is 0.142 e. The molecule has 1 aliphatic heterocycles. The Morgan fingerprint density at radius 3 is 2.72 bits per heavy atom. The third-order valence-electron chi connectivity index (χ3n) is 3.88. The number of nitriles is 1. The molecule has 0 bridgehead atoms. The number of likely N-dealkylation sites (tertiary alicyclic amines) is 1. The monoisotopic (exact) mass is 243 g/mol. The van der Waals surface area contributed by atoms with E-state index in [0.29, 0.717) is 12.6 Å². The molecule has 3 heteroatoms. The van der Waals surface area contributed by atoms with Gasteiger partial charge >= 0.3 is 0 Å². The third kappa shape index (κ3) is 2.72. The highest BCUT2D eigenvalue weighted by Gasteiger charge is 2.32. The Kier molecular flexibility index (Phi) is 4.00. The largest absolute Gasteiger partial charge is 0.309 e. The zero-order chi connectivity index (χ0) is 13.0. The molecule has 1 fully saturated rings. The predicted molar refractivity (Wildman–Crippen MR) is 72.8 cm³/mol. The second-order valence-electron chi connectivity index (χ2n) is 5.26. The molecule has 1 aromatic rings. The zero-order valence-electron chi connectivity index (χ0n) is 11.0. The van der Waals surface area contributed by atoms with Gasteiger partial charge in [-0.25, -0.2) is 0 Å². The van der Waals surface area contributed by atoms with Gasteiger partial charge in [-0.1, -0.05) is 36.8 Å². The molecule has 3 nitrogen and oxygen atoms in total. The molecule has 2 unspecified atom stereocenters. The maximum absolute atomic E-state index is 9.45. The first kappa shape index (κ1) is 13.1. The summed E-state index contributed by atoms with van der Waals surface area (Å²) in [6, 6.07) is 12.5. The van der Waals surface area contributed by atoms with Crippen LogP contribution < -0.4 is 5.73 Å². The Balaban J connectivity index is 2.16. The van der Waals surface area contributed by atoms with Gasteiger partial charge in [0.1, 0.15) is 5.54 Å². The van der Waals surface area contributed by atoms with Crippen LogP contribution >= 0.6 is 0 Å². The van der Waals surface area contributed by atoms with E-state index in [1.807, 2.05) is 30.3 Å². The molecule has 2 N–H and O–H groups in total. The first-order chi connectivity index (χ1) is 8.65. The van der Waals surface area contributed by atoms with Gasteiger partial charge in [0.05, 0.1) is 6.07 Å². The van der Waals surface area contributed by atoms with Crippen LogP contribution in [0.5, 0.6) is 0 Å². The SMILES string of the molecule is CC1CCCCN1CC(N)(C#N)c1ccccc1. The number of nitrogens with zero attached hydrogens (tertiary/aromatic N) is 2. The molecule has 1 aromatic carbocycles. The maximum atomic E-state index is 9.45. The van der Waals surface area contributed by atoms with Crippen LogP contribution in [0.2, 0.25) is 0 Å². The molecular formula is C15H21N3. The quantitative estimate of drug-likeness (QED) is 0.885. The topological polar surface area (TPSA) is 53.0 Å². The van der Waals surface area contributed by atoms with E-state index >= 15 is 0 Å². The fraction of sp³-hybridized carbons (Fsp3) is 0.533. The number of hydrogen-bond acceptors (Lipinski definition) is 3. The molecule has 0 spiro atoms.